The van der Waals surface area contributed by atoms with E-state index in [-0.39, 0.29) is 10.8 Å². The van der Waals surface area contributed by atoms with Gasteiger partial charge in [-0.15, -0.1) is 0 Å². The lowest BCUT2D eigenvalue weighted by Crippen LogP contribution is -2.32. The second kappa shape index (κ2) is 11.0. The molecular weight excluding hydrogens is 428 g/mol. The van der Waals surface area contributed by atoms with E-state index in [0.717, 1.165) is 30.6 Å². The Morgan fingerprint density at radius 3 is 1.83 bits per heavy atom. The van der Waals surface area contributed by atoms with Crippen LogP contribution in [0.5, 0.6) is 5.75 Å². The van der Waals surface area contributed by atoms with Crippen molar-refractivity contribution in [3.63, 3.8) is 0 Å². The Balaban J connectivity index is 1.92. The third-order valence-corrected chi connectivity index (χ3v) is 7.78. The smallest absolute Gasteiger partial charge is 0.122 e. The second-order valence-corrected chi connectivity index (χ2v) is 11.0. The number of aliphatic hydroxyl groups excluding tert-OH is 1. The van der Waals surface area contributed by atoms with Crippen molar-refractivity contribution in [1.82, 2.24) is 0 Å². The molecule has 1 N–H and O–H groups in total. The minimum Gasteiger partial charge on any atom is -0.491 e. The van der Waals surface area contributed by atoms with Crippen LogP contribution in [0.2, 0.25) is 0 Å². The molecular formula is C33H44O2. The fourth-order valence-electron chi connectivity index (χ4n) is 4.97. The van der Waals surface area contributed by atoms with Crippen LogP contribution in [0.15, 0.2) is 60.7 Å². The summed E-state index contributed by atoms with van der Waals surface area (Å²) in [4.78, 5) is 0. The molecule has 1 atom stereocenters. The van der Waals surface area contributed by atoms with Crippen LogP contribution in [-0.2, 0) is 11.8 Å². The summed E-state index contributed by atoms with van der Waals surface area (Å²) in [5.41, 5.74) is 8.81. The van der Waals surface area contributed by atoms with Gasteiger partial charge in [0.1, 0.15) is 12.4 Å². The SMILES string of the molecule is CCc1ccc(-c2ccc(C(CC)(CC)c3ccc(OCC(O)C(C)(C)C)c(C)c3)cc2C)cc1. The molecule has 3 aromatic carbocycles. The minimum atomic E-state index is -0.508. The molecule has 0 saturated carbocycles. The molecule has 0 heterocycles. The van der Waals surface area contributed by atoms with E-state index in [1.54, 1.807) is 0 Å². The molecule has 35 heavy (non-hydrogen) atoms. The number of ether oxygens (including phenoxy) is 1. The monoisotopic (exact) mass is 472 g/mol. The molecule has 2 heteroatoms. The standard InChI is InChI=1S/C33H44O2/c1-9-25-12-14-26(15-13-25)29-18-16-27(20-23(29)4)33(10-2,11-3)28-17-19-30(24(5)21-28)35-22-31(34)32(6,7)8/h12-21,31,34H,9-11,22H2,1-8H3. The normalized spacial score (nSPS) is 13.1. The first kappa shape index (κ1) is 27.0. The fraction of sp³-hybridized carbons (Fsp3) is 0.455. The van der Waals surface area contributed by atoms with E-state index in [9.17, 15) is 5.11 Å². The highest BCUT2D eigenvalue weighted by molar-refractivity contribution is 5.68. The van der Waals surface area contributed by atoms with Gasteiger partial charge in [0.2, 0.25) is 0 Å². The van der Waals surface area contributed by atoms with E-state index < -0.39 is 6.10 Å². The maximum Gasteiger partial charge on any atom is 0.122 e. The predicted molar refractivity (Wildman–Crippen MR) is 149 cm³/mol. The van der Waals surface area contributed by atoms with Crippen LogP contribution in [0.4, 0.5) is 0 Å². The molecule has 0 saturated heterocycles. The molecule has 0 aromatic heterocycles. The van der Waals surface area contributed by atoms with Crippen LogP contribution >= 0.6 is 0 Å². The first-order valence-electron chi connectivity index (χ1n) is 13.2. The highest BCUT2D eigenvalue weighted by Crippen LogP contribution is 2.41. The number of aliphatic hydroxyl groups is 1. The summed E-state index contributed by atoms with van der Waals surface area (Å²) in [5.74, 6) is 0.847. The van der Waals surface area contributed by atoms with Gasteiger partial charge in [-0.25, -0.2) is 0 Å². The zero-order chi connectivity index (χ0) is 25.8. The first-order valence-corrected chi connectivity index (χ1v) is 13.2. The average molecular weight is 473 g/mol. The molecule has 0 radical (unpaired) electrons. The van der Waals surface area contributed by atoms with E-state index >= 15 is 0 Å². The predicted octanol–water partition coefficient (Wildman–Crippen LogP) is 8.42. The summed E-state index contributed by atoms with van der Waals surface area (Å²) in [5, 5.41) is 10.4. The number of hydrogen-bond acceptors (Lipinski definition) is 2. The molecule has 3 rings (SSSR count). The maximum absolute atomic E-state index is 10.4. The van der Waals surface area contributed by atoms with Gasteiger partial charge in [0.05, 0.1) is 6.10 Å². The average Bonchev–Trinajstić information content (AvgIpc) is 2.84. The highest BCUT2D eigenvalue weighted by Gasteiger charge is 2.31. The van der Waals surface area contributed by atoms with Gasteiger partial charge in [0.25, 0.3) is 0 Å². The summed E-state index contributed by atoms with van der Waals surface area (Å²) < 4.78 is 6.02. The molecule has 3 aromatic rings. The van der Waals surface area contributed by atoms with Crippen LogP contribution < -0.4 is 4.74 Å². The summed E-state index contributed by atoms with van der Waals surface area (Å²) >= 11 is 0. The molecule has 0 bridgehead atoms. The van der Waals surface area contributed by atoms with Crippen LogP contribution in [0, 0.1) is 19.3 Å². The fourth-order valence-corrected chi connectivity index (χ4v) is 4.97. The highest BCUT2D eigenvalue weighted by atomic mass is 16.5. The van der Waals surface area contributed by atoms with Crippen LogP contribution in [0.1, 0.15) is 82.2 Å². The van der Waals surface area contributed by atoms with Gasteiger partial charge in [-0.1, -0.05) is 96.1 Å². The third-order valence-electron chi connectivity index (χ3n) is 7.78. The van der Waals surface area contributed by atoms with Crippen LogP contribution in [0.25, 0.3) is 11.1 Å². The van der Waals surface area contributed by atoms with Crippen molar-refractivity contribution >= 4 is 0 Å². The Kier molecular flexibility index (Phi) is 8.49. The number of aryl methyl sites for hydroxylation is 3. The second-order valence-electron chi connectivity index (χ2n) is 11.0. The summed E-state index contributed by atoms with van der Waals surface area (Å²) in [6.07, 6.45) is 2.60. The van der Waals surface area contributed by atoms with Crippen molar-refractivity contribution in [1.29, 1.82) is 0 Å². The van der Waals surface area contributed by atoms with Crippen molar-refractivity contribution in [2.45, 2.75) is 86.2 Å². The van der Waals surface area contributed by atoms with Gasteiger partial charge in [0, 0.05) is 5.41 Å². The van der Waals surface area contributed by atoms with Gasteiger partial charge >= 0.3 is 0 Å². The first-order chi connectivity index (χ1) is 16.6. The summed E-state index contributed by atoms with van der Waals surface area (Å²) in [6, 6.07) is 22.5. The number of benzene rings is 3. The Bertz CT molecular complexity index is 1110. The molecule has 0 spiro atoms. The Hall–Kier alpha value is -2.58. The van der Waals surface area contributed by atoms with E-state index in [1.807, 2.05) is 20.8 Å². The molecule has 0 fully saturated rings. The molecule has 188 valence electrons. The molecule has 0 amide bonds. The Morgan fingerprint density at radius 1 is 0.771 bits per heavy atom. The lowest BCUT2D eigenvalue weighted by Gasteiger charge is -2.34. The molecule has 2 nitrogen and oxygen atoms in total. The Morgan fingerprint density at radius 2 is 1.34 bits per heavy atom. The van der Waals surface area contributed by atoms with Crippen molar-refractivity contribution in [3.8, 4) is 16.9 Å². The van der Waals surface area contributed by atoms with Crippen LogP contribution in [0.3, 0.4) is 0 Å². The molecule has 0 aliphatic carbocycles. The quantitative estimate of drug-likeness (QED) is 0.339. The van der Waals surface area contributed by atoms with E-state index in [2.05, 4.69) is 95.3 Å². The van der Waals surface area contributed by atoms with Gasteiger partial charge in [0.15, 0.2) is 0 Å². The van der Waals surface area contributed by atoms with Crippen molar-refractivity contribution in [2.75, 3.05) is 6.61 Å². The topological polar surface area (TPSA) is 29.5 Å². The van der Waals surface area contributed by atoms with E-state index in [0.29, 0.717) is 6.61 Å². The van der Waals surface area contributed by atoms with Gasteiger partial charge in [-0.05, 0) is 83.5 Å². The molecule has 0 aliphatic rings. The van der Waals surface area contributed by atoms with Gasteiger partial charge in [-0.3, -0.25) is 0 Å². The zero-order valence-electron chi connectivity index (χ0n) is 23.0. The zero-order valence-corrected chi connectivity index (χ0v) is 23.0. The van der Waals surface area contributed by atoms with Crippen molar-refractivity contribution in [2.24, 2.45) is 5.41 Å². The molecule has 0 aliphatic heterocycles. The minimum absolute atomic E-state index is 0.0520. The molecule has 1 unspecified atom stereocenters. The van der Waals surface area contributed by atoms with Gasteiger partial charge in [-0.2, -0.15) is 0 Å². The third kappa shape index (κ3) is 5.81. The Labute approximate surface area is 213 Å². The van der Waals surface area contributed by atoms with E-state index in [4.69, 9.17) is 4.74 Å². The lowest BCUT2D eigenvalue weighted by atomic mass is 9.69. The summed E-state index contributed by atoms with van der Waals surface area (Å²) in [7, 11) is 0. The van der Waals surface area contributed by atoms with Crippen LogP contribution in [-0.4, -0.2) is 17.8 Å². The van der Waals surface area contributed by atoms with Crippen molar-refractivity contribution < 1.29 is 9.84 Å². The van der Waals surface area contributed by atoms with E-state index in [1.165, 1.54) is 33.4 Å². The van der Waals surface area contributed by atoms with Gasteiger partial charge < -0.3 is 9.84 Å². The number of hydrogen-bond donors (Lipinski definition) is 1. The summed E-state index contributed by atoms with van der Waals surface area (Å²) in [6.45, 7) is 17.5. The van der Waals surface area contributed by atoms with Crippen molar-refractivity contribution in [3.05, 3.63) is 88.5 Å². The maximum atomic E-state index is 10.4. The number of rotatable bonds is 9. The largest absolute Gasteiger partial charge is 0.491 e. The lowest BCUT2D eigenvalue weighted by molar-refractivity contribution is 0.0216.